The number of rotatable bonds is 1. The first-order chi connectivity index (χ1) is 9.25. The minimum Gasteiger partial charge on any atom is -0.330 e. The van der Waals surface area contributed by atoms with Gasteiger partial charge in [0.15, 0.2) is 4.77 Å². The maximum absolute atomic E-state index is 12.3. The molecule has 94 valence electrons. The van der Waals surface area contributed by atoms with Gasteiger partial charge in [-0.15, -0.1) is 0 Å². The zero-order valence-corrected chi connectivity index (χ0v) is 10.8. The summed E-state index contributed by atoms with van der Waals surface area (Å²) in [4.78, 5) is 15.3. The summed E-state index contributed by atoms with van der Waals surface area (Å²) in [5, 5.41) is 2.81. The van der Waals surface area contributed by atoms with Crippen LogP contribution in [0.2, 0.25) is 0 Å². The van der Waals surface area contributed by atoms with Gasteiger partial charge in [0.05, 0.1) is 11.0 Å². The Labute approximate surface area is 114 Å². The van der Waals surface area contributed by atoms with Crippen LogP contribution in [0.25, 0.3) is 11.0 Å². The molecule has 0 fully saturated rings. The van der Waals surface area contributed by atoms with E-state index in [4.69, 9.17) is 12.2 Å². The van der Waals surface area contributed by atoms with Crippen LogP contribution in [0.3, 0.4) is 0 Å². The lowest BCUT2D eigenvalue weighted by Gasteiger charge is -2.06. The van der Waals surface area contributed by atoms with E-state index in [-0.39, 0.29) is 6.03 Å². The summed E-state index contributed by atoms with van der Waals surface area (Å²) in [5.41, 5.74) is 2.34. The fourth-order valence-electron chi connectivity index (χ4n) is 1.96. The molecule has 2 N–H and O–H groups in total. The van der Waals surface area contributed by atoms with Gasteiger partial charge < -0.3 is 10.3 Å². The number of benzene rings is 2. The van der Waals surface area contributed by atoms with Crippen molar-refractivity contribution in [2.75, 3.05) is 5.32 Å². The summed E-state index contributed by atoms with van der Waals surface area (Å²) in [6.45, 7) is 0. The Balaban J connectivity index is 2.03. The van der Waals surface area contributed by atoms with Crippen LogP contribution in [0.1, 0.15) is 0 Å². The second-order valence-electron chi connectivity index (χ2n) is 4.08. The number of hydrogen-bond donors (Lipinski definition) is 2. The van der Waals surface area contributed by atoms with Crippen LogP contribution < -0.4 is 5.32 Å². The smallest absolute Gasteiger partial charge is 0.330 e. The third kappa shape index (κ3) is 2.15. The second-order valence-corrected chi connectivity index (χ2v) is 4.47. The Morgan fingerprint density at radius 1 is 1.05 bits per heavy atom. The normalized spacial score (nSPS) is 10.5. The summed E-state index contributed by atoms with van der Waals surface area (Å²) < 4.78 is 1.84. The van der Waals surface area contributed by atoms with Crippen LogP contribution in [-0.4, -0.2) is 15.6 Å². The Hall–Kier alpha value is -2.40. The molecule has 5 heteroatoms. The zero-order chi connectivity index (χ0) is 13.2. The summed E-state index contributed by atoms with van der Waals surface area (Å²) in [5.74, 6) is 0. The van der Waals surface area contributed by atoms with E-state index in [1.54, 1.807) is 0 Å². The minimum absolute atomic E-state index is 0.270. The molecule has 1 heterocycles. The van der Waals surface area contributed by atoms with Crippen molar-refractivity contribution in [3.8, 4) is 0 Å². The van der Waals surface area contributed by atoms with Gasteiger partial charge in [-0.1, -0.05) is 30.3 Å². The highest BCUT2D eigenvalue weighted by molar-refractivity contribution is 7.71. The fourth-order valence-corrected chi connectivity index (χ4v) is 2.25. The molecule has 0 aliphatic carbocycles. The number of carbonyl (C=O) groups is 1. The molecule has 0 bridgehead atoms. The van der Waals surface area contributed by atoms with Crippen molar-refractivity contribution in [1.82, 2.24) is 9.55 Å². The molecule has 0 atom stereocenters. The highest BCUT2D eigenvalue weighted by Crippen LogP contribution is 2.14. The fraction of sp³-hybridized carbons (Fsp3) is 0. The van der Waals surface area contributed by atoms with Gasteiger partial charge in [-0.2, -0.15) is 0 Å². The molecular formula is C14H11N3OS. The monoisotopic (exact) mass is 269 g/mol. The predicted molar refractivity (Wildman–Crippen MR) is 78.0 cm³/mol. The van der Waals surface area contributed by atoms with E-state index in [0.29, 0.717) is 4.77 Å². The summed E-state index contributed by atoms with van der Waals surface area (Å²) in [7, 11) is 0. The minimum atomic E-state index is -0.270. The third-order valence-electron chi connectivity index (χ3n) is 2.82. The molecule has 0 radical (unpaired) electrons. The Bertz CT molecular complexity index is 789. The second kappa shape index (κ2) is 4.70. The van der Waals surface area contributed by atoms with Crippen LogP contribution in [0, 0.1) is 4.77 Å². The van der Waals surface area contributed by atoms with Crippen LogP contribution >= 0.6 is 12.2 Å². The Morgan fingerprint density at radius 2 is 1.74 bits per heavy atom. The van der Waals surface area contributed by atoms with Crippen molar-refractivity contribution in [1.29, 1.82) is 0 Å². The van der Waals surface area contributed by atoms with Crippen LogP contribution in [0.4, 0.5) is 10.5 Å². The molecule has 3 rings (SSSR count). The summed E-state index contributed by atoms with van der Waals surface area (Å²) in [6, 6.07) is 16.5. The predicted octanol–water partition coefficient (Wildman–Crippen LogP) is 3.78. The van der Waals surface area contributed by atoms with Gasteiger partial charge in [0.25, 0.3) is 0 Å². The highest BCUT2D eigenvalue weighted by atomic mass is 32.1. The van der Waals surface area contributed by atoms with Crippen molar-refractivity contribution in [2.24, 2.45) is 0 Å². The number of para-hydroxylation sites is 3. The number of carbonyl (C=O) groups excluding carboxylic acids is 1. The van der Waals surface area contributed by atoms with Gasteiger partial charge in [0.2, 0.25) is 0 Å². The number of nitrogens with zero attached hydrogens (tertiary/aromatic N) is 1. The lowest BCUT2D eigenvalue weighted by atomic mass is 10.3. The zero-order valence-electron chi connectivity index (χ0n) is 9.96. The maximum atomic E-state index is 12.3. The van der Waals surface area contributed by atoms with Crippen molar-refractivity contribution < 1.29 is 4.79 Å². The number of aromatic amines is 1. The van der Waals surface area contributed by atoms with Crippen LogP contribution in [0.5, 0.6) is 0 Å². The van der Waals surface area contributed by atoms with Gasteiger partial charge in [0, 0.05) is 5.69 Å². The molecule has 0 saturated carbocycles. The molecule has 0 saturated heterocycles. The summed E-state index contributed by atoms with van der Waals surface area (Å²) in [6.07, 6.45) is 0. The molecule has 0 spiro atoms. The van der Waals surface area contributed by atoms with Crippen LogP contribution in [-0.2, 0) is 0 Å². The average Bonchev–Trinajstić information content (AvgIpc) is 2.75. The Kier molecular flexibility index (Phi) is 2.89. The number of imidazole rings is 1. The van der Waals surface area contributed by atoms with E-state index in [9.17, 15) is 4.79 Å². The number of hydrogen-bond acceptors (Lipinski definition) is 2. The average molecular weight is 269 g/mol. The van der Waals surface area contributed by atoms with Gasteiger partial charge in [0.1, 0.15) is 0 Å². The molecule has 3 aromatic rings. The quantitative estimate of drug-likeness (QED) is 0.660. The number of amides is 1. The number of aromatic nitrogens is 2. The van der Waals surface area contributed by atoms with Crippen molar-refractivity contribution in [3.63, 3.8) is 0 Å². The molecule has 0 aliphatic rings. The Morgan fingerprint density at radius 3 is 2.53 bits per heavy atom. The van der Waals surface area contributed by atoms with Crippen molar-refractivity contribution >= 4 is 35.0 Å². The lowest BCUT2D eigenvalue weighted by Crippen LogP contribution is -2.19. The first-order valence-electron chi connectivity index (χ1n) is 5.82. The van der Waals surface area contributed by atoms with E-state index in [1.807, 2.05) is 54.6 Å². The van der Waals surface area contributed by atoms with E-state index in [0.717, 1.165) is 16.7 Å². The molecule has 1 aromatic heterocycles. The number of H-pyrrole nitrogens is 1. The van der Waals surface area contributed by atoms with Gasteiger partial charge in [-0.3, -0.25) is 0 Å². The molecule has 1 amide bonds. The lowest BCUT2D eigenvalue weighted by molar-refractivity contribution is 0.254. The van der Waals surface area contributed by atoms with E-state index < -0.39 is 0 Å². The first-order valence-corrected chi connectivity index (χ1v) is 6.23. The SMILES string of the molecule is O=C(Nc1ccccc1)n1c(=S)[nH]c2ccccc21. The van der Waals surface area contributed by atoms with Gasteiger partial charge in [-0.05, 0) is 36.5 Å². The van der Waals surface area contributed by atoms with E-state index in [1.165, 1.54) is 4.57 Å². The van der Waals surface area contributed by atoms with Gasteiger partial charge >= 0.3 is 6.03 Å². The number of anilines is 1. The number of fused-ring (bicyclic) bond motifs is 1. The maximum Gasteiger partial charge on any atom is 0.332 e. The largest absolute Gasteiger partial charge is 0.332 e. The van der Waals surface area contributed by atoms with Crippen molar-refractivity contribution in [3.05, 3.63) is 59.4 Å². The van der Waals surface area contributed by atoms with Crippen molar-refractivity contribution in [2.45, 2.75) is 0 Å². The standard InChI is InChI=1S/C14H11N3OS/c18-13(15-10-6-2-1-3-7-10)17-12-9-5-4-8-11(12)16-14(17)19/h1-9H,(H,15,18)(H,16,19). The third-order valence-corrected chi connectivity index (χ3v) is 3.10. The molecular weight excluding hydrogens is 258 g/mol. The van der Waals surface area contributed by atoms with Gasteiger partial charge in [-0.25, -0.2) is 9.36 Å². The molecule has 19 heavy (non-hydrogen) atoms. The molecule has 0 unspecified atom stereocenters. The van der Waals surface area contributed by atoms with E-state index in [2.05, 4.69) is 10.3 Å². The highest BCUT2D eigenvalue weighted by Gasteiger charge is 2.11. The molecule has 0 aliphatic heterocycles. The first kappa shape index (κ1) is 11.7. The summed E-state index contributed by atoms with van der Waals surface area (Å²) >= 11 is 5.19. The van der Waals surface area contributed by atoms with E-state index >= 15 is 0 Å². The molecule has 2 aromatic carbocycles. The van der Waals surface area contributed by atoms with Crippen LogP contribution in [0.15, 0.2) is 54.6 Å². The number of nitrogens with one attached hydrogen (secondary N) is 2. The molecule has 4 nitrogen and oxygen atoms in total. The topological polar surface area (TPSA) is 49.8 Å².